The Balaban J connectivity index is 2.54. The topological polar surface area (TPSA) is 72.2 Å². The number of benzene rings is 1. The Hall–Kier alpha value is -0.850. The number of thiocarbonyl (C=S) groups is 1. The Morgan fingerprint density at radius 2 is 2.17 bits per heavy atom. The van der Waals surface area contributed by atoms with Gasteiger partial charge in [0.15, 0.2) is 0 Å². The van der Waals surface area contributed by atoms with Crippen molar-refractivity contribution in [1.82, 2.24) is 0 Å². The van der Waals surface area contributed by atoms with Crippen molar-refractivity contribution in [3.8, 4) is 0 Å². The van der Waals surface area contributed by atoms with Crippen molar-refractivity contribution in [1.29, 1.82) is 0 Å². The number of hydrogen-bond acceptors (Lipinski definition) is 4. The smallest absolute Gasteiger partial charge is 0.147 e. The number of nitrogens with two attached hydrogens (primary N) is 1. The molecule has 1 rings (SSSR count). The molecule has 0 saturated heterocycles. The minimum atomic E-state index is -2.90. The first-order chi connectivity index (χ1) is 8.29. The van der Waals surface area contributed by atoms with Crippen LogP contribution in [-0.2, 0) is 9.84 Å². The van der Waals surface area contributed by atoms with Gasteiger partial charge in [-0.3, -0.25) is 0 Å². The zero-order valence-electron chi connectivity index (χ0n) is 9.94. The minimum Gasteiger partial charge on any atom is -0.389 e. The highest BCUT2D eigenvalue weighted by Gasteiger charge is 2.05. The highest BCUT2D eigenvalue weighted by Crippen LogP contribution is 2.20. The Bertz CT molecular complexity index is 544. The third-order valence-electron chi connectivity index (χ3n) is 2.26. The van der Waals surface area contributed by atoms with Crippen molar-refractivity contribution < 1.29 is 8.42 Å². The summed E-state index contributed by atoms with van der Waals surface area (Å²) in [5.74, 6) is 0.165. The van der Waals surface area contributed by atoms with E-state index in [4.69, 9.17) is 29.6 Å². The molecule has 4 nitrogen and oxygen atoms in total. The molecule has 0 aliphatic rings. The van der Waals surface area contributed by atoms with Gasteiger partial charge < -0.3 is 11.1 Å². The summed E-state index contributed by atoms with van der Waals surface area (Å²) in [6.45, 7) is 0.565. The van der Waals surface area contributed by atoms with E-state index in [1.54, 1.807) is 18.2 Å². The van der Waals surface area contributed by atoms with Gasteiger partial charge in [-0.05, 0) is 24.6 Å². The van der Waals surface area contributed by atoms with Gasteiger partial charge in [0.2, 0.25) is 0 Å². The lowest BCUT2D eigenvalue weighted by Crippen LogP contribution is -2.11. The summed E-state index contributed by atoms with van der Waals surface area (Å²) >= 11 is 10.9. The van der Waals surface area contributed by atoms with Crippen LogP contribution in [0.3, 0.4) is 0 Å². The number of rotatable bonds is 6. The van der Waals surface area contributed by atoms with E-state index >= 15 is 0 Å². The molecule has 1 aromatic rings. The molecule has 0 aliphatic heterocycles. The molecule has 0 radical (unpaired) electrons. The summed E-state index contributed by atoms with van der Waals surface area (Å²) in [7, 11) is -2.90. The lowest BCUT2D eigenvalue weighted by atomic mass is 10.2. The van der Waals surface area contributed by atoms with Crippen LogP contribution in [0.5, 0.6) is 0 Å². The molecule has 7 heteroatoms. The van der Waals surface area contributed by atoms with E-state index in [9.17, 15) is 8.42 Å². The second-order valence-corrected chi connectivity index (χ2v) is 7.08. The molecule has 0 atom stereocenters. The fourth-order valence-electron chi connectivity index (χ4n) is 1.39. The molecule has 0 bridgehead atoms. The van der Waals surface area contributed by atoms with Crippen molar-refractivity contribution in [3.05, 3.63) is 28.8 Å². The van der Waals surface area contributed by atoms with Gasteiger partial charge in [0.25, 0.3) is 0 Å². The van der Waals surface area contributed by atoms with Gasteiger partial charge >= 0.3 is 0 Å². The molecular formula is C11H15ClN2O2S2. The van der Waals surface area contributed by atoms with Gasteiger partial charge in [-0.2, -0.15) is 0 Å². The van der Waals surface area contributed by atoms with E-state index in [0.29, 0.717) is 23.6 Å². The maximum absolute atomic E-state index is 10.9. The van der Waals surface area contributed by atoms with Gasteiger partial charge in [0.1, 0.15) is 14.8 Å². The van der Waals surface area contributed by atoms with Gasteiger partial charge in [-0.15, -0.1) is 0 Å². The Kier molecular flexibility index (Phi) is 5.37. The predicted molar refractivity (Wildman–Crippen MR) is 80.2 cm³/mol. The van der Waals surface area contributed by atoms with Crippen molar-refractivity contribution in [2.45, 2.75) is 6.42 Å². The summed E-state index contributed by atoms with van der Waals surface area (Å²) in [5, 5.41) is 3.57. The Labute approximate surface area is 117 Å². The summed E-state index contributed by atoms with van der Waals surface area (Å²) in [6.07, 6.45) is 1.77. The molecule has 3 N–H and O–H groups in total. The fraction of sp³-hybridized carbons (Fsp3) is 0.364. The normalized spacial score (nSPS) is 11.2. The van der Waals surface area contributed by atoms with Crippen molar-refractivity contribution in [3.63, 3.8) is 0 Å². The molecule has 100 valence electrons. The number of halogens is 1. The highest BCUT2D eigenvalue weighted by atomic mass is 35.5. The number of hydrogen-bond donors (Lipinski definition) is 2. The van der Waals surface area contributed by atoms with Crippen LogP contribution in [0.2, 0.25) is 5.02 Å². The maximum atomic E-state index is 10.9. The second kappa shape index (κ2) is 6.36. The molecule has 0 heterocycles. The zero-order chi connectivity index (χ0) is 13.8. The minimum absolute atomic E-state index is 0.165. The summed E-state index contributed by atoms with van der Waals surface area (Å²) in [5.41, 5.74) is 6.94. The van der Waals surface area contributed by atoms with Crippen LogP contribution < -0.4 is 11.1 Å². The van der Waals surface area contributed by atoms with E-state index in [0.717, 1.165) is 5.69 Å². The Morgan fingerprint density at radius 3 is 2.67 bits per heavy atom. The summed E-state index contributed by atoms with van der Waals surface area (Å²) in [4.78, 5) is 0.253. The van der Waals surface area contributed by atoms with Crippen LogP contribution in [0.15, 0.2) is 18.2 Å². The lowest BCUT2D eigenvalue weighted by molar-refractivity contribution is 0.600. The fourth-order valence-corrected chi connectivity index (χ4v) is 2.58. The first-order valence-electron chi connectivity index (χ1n) is 5.30. The third kappa shape index (κ3) is 5.20. The summed E-state index contributed by atoms with van der Waals surface area (Å²) in [6, 6.07) is 5.26. The first-order valence-corrected chi connectivity index (χ1v) is 8.15. The number of nitrogens with one attached hydrogen (secondary N) is 1. The van der Waals surface area contributed by atoms with Crippen LogP contribution in [0.4, 0.5) is 5.69 Å². The van der Waals surface area contributed by atoms with Crippen molar-refractivity contribution in [2.24, 2.45) is 5.73 Å². The van der Waals surface area contributed by atoms with Gasteiger partial charge in [0, 0.05) is 24.1 Å². The predicted octanol–water partition coefficient (Wildman–Crippen LogP) is 1.82. The van der Waals surface area contributed by atoms with Crippen LogP contribution in [0.25, 0.3) is 0 Å². The lowest BCUT2D eigenvalue weighted by Gasteiger charge is -2.08. The van der Waals surface area contributed by atoms with E-state index in [1.807, 2.05) is 0 Å². The molecule has 0 amide bonds. The van der Waals surface area contributed by atoms with Crippen LogP contribution >= 0.6 is 23.8 Å². The first kappa shape index (κ1) is 15.2. The largest absolute Gasteiger partial charge is 0.389 e. The highest BCUT2D eigenvalue weighted by molar-refractivity contribution is 7.90. The second-order valence-electron chi connectivity index (χ2n) is 3.97. The average Bonchev–Trinajstić information content (AvgIpc) is 2.22. The van der Waals surface area contributed by atoms with Crippen molar-refractivity contribution in [2.75, 3.05) is 23.9 Å². The van der Waals surface area contributed by atoms with Crippen LogP contribution in [0.1, 0.15) is 12.0 Å². The SMILES string of the molecule is CS(=O)(=O)CCCNc1ccc(C(N)=S)c(Cl)c1. The van der Waals surface area contributed by atoms with Gasteiger partial charge in [-0.25, -0.2) is 8.42 Å². The van der Waals surface area contributed by atoms with Gasteiger partial charge in [0.05, 0.1) is 10.8 Å². The molecule has 0 saturated carbocycles. The van der Waals surface area contributed by atoms with Crippen molar-refractivity contribution >= 4 is 44.3 Å². The standard InChI is InChI=1S/C11H15ClN2O2S2/c1-18(15,16)6-2-5-14-8-3-4-9(11(13)17)10(12)7-8/h3-4,7,14H,2,5-6H2,1H3,(H2,13,17). The Morgan fingerprint density at radius 1 is 1.50 bits per heavy atom. The molecular weight excluding hydrogens is 292 g/mol. The quantitative estimate of drug-likeness (QED) is 0.619. The monoisotopic (exact) mass is 306 g/mol. The maximum Gasteiger partial charge on any atom is 0.147 e. The number of sulfone groups is 1. The molecule has 18 heavy (non-hydrogen) atoms. The van der Waals surface area contributed by atoms with Crippen LogP contribution in [0, 0.1) is 0 Å². The molecule has 0 fully saturated rings. The van der Waals surface area contributed by atoms with E-state index in [1.165, 1.54) is 6.26 Å². The van der Waals surface area contributed by atoms with E-state index in [2.05, 4.69) is 5.32 Å². The van der Waals surface area contributed by atoms with Gasteiger partial charge in [-0.1, -0.05) is 23.8 Å². The summed E-state index contributed by atoms with van der Waals surface area (Å²) < 4.78 is 21.9. The molecule has 1 aromatic carbocycles. The number of anilines is 1. The molecule has 0 spiro atoms. The third-order valence-corrected chi connectivity index (χ3v) is 3.82. The zero-order valence-corrected chi connectivity index (χ0v) is 12.3. The van der Waals surface area contributed by atoms with E-state index < -0.39 is 9.84 Å². The van der Waals surface area contributed by atoms with Crippen LogP contribution in [-0.4, -0.2) is 32.0 Å². The molecule has 0 aliphatic carbocycles. The average molecular weight is 307 g/mol. The molecule has 0 aromatic heterocycles. The molecule has 0 unspecified atom stereocenters. The van der Waals surface area contributed by atoms with E-state index in [-0.39, 0.29) is 10.7 Å².